The summed E-state index contributed by atoms with van der Waals surface area (Å²) in [7, 11) is -1.15. The van der Waals surface area contributed by atoms with Crippen LogP contribution in [-0.4, -0.2) is 19.1 Å². The van der Waals surface area contributed by atoms with Gasteiger partial charge in [0.05, 0.1) is 0 Å². The quantitative estimate of drug-likeness (QED) is 0.414. The number of benzene rings is 2. The molecule has 1 nitrogen and oxygen atoms in total. The minimum absolute atomic E-state index is 0.288. The van der Waals surface area contributed by atoms with Gasteiger partial charge in [-0.25, -0.2) is 0 Å². The fourth-order valence-corrected chi connectivity index (χ4v) is 5.00. The number of rotatable bonds is 6. The van der Waals surface area contributed by atoms with Crippen LogP contribution in [-0.2, 0) is 4.43 Å². The van der Waals surface area contributed by atoms with Crippen molar-refractivity contribution >= 4 is 42.0 Å². The lowest BCUT2D eigenvalue weighted by atomic mass is 10.2. The van der Waals surface area contributed by atoms with Crippen molar-refractivity contribution in [1.82, 2.24) is 0 Å². The molecule has 0 spiro atoms. The summed E-state index contributed by atoms with van der Waals surface area (Å²) in [5, 5.41) is 2.63. The Morgan fingerprint density at radius 1 is 0.900 bits per heavy atom. The molecule has 2 atom stereocenters. The van der Waals surface area contributed by atoms with Crippen LogP contribution in [0.2, 0.25) is 0 Å². The molecule has 0 saturated carbocycles. The summed E-state index contributed by atoms with van der Waals surface area (Å²) < 4.78 is 7.07. The van der Waals surface area contributed by atoms with E-state index in [1.807, 2.05) is 0 Å². The Balaban J connectivity index is 2.21. The summed E-state index contributed by atoms with van der Waals surface area (Å²) in [6, 6.07) is 21.2. The second kappa shape index (κ2) is 7.95. The third-order valence-electron chi connectivity index (χ3n) is 3.05. The highest BCUT2D eigenvalue weighted by molar-refractivity contribution is 14.1. The summed E-state index contributed by atoms with van der Waals surface area (Å²) in [6.07, 6.45) is 1.38. The molecule has 0 bridgehead atoms. The molecular formula is C17H20IOSi. The van der Waals surface area contributed by atoms with Crippen molar-refractivity contribution in [3.63, 3.8) is 0 Å². The molecule has 0 saturated heterocycles. The maximum Gasteiger partial charge on any atom is 0.283 e. The maximum absolute atomic E-state index is 6.43. The minimum atomic E-state index is -1.15. The second-order valence-corrected chi connectivity index (χ2v) is 9.18. The Kier molecular flexibility index (Phi) is 6.26. The molecule has 105 valence electrons. The van der Waals surface area contributed by atoms with Gasteiger partial charge in [-0.3, -0.25) is 0 Å². The van der Waals surface area contributed by atoms with E-state index in [0.29, 0.717) is 3.92 Å². The molecular weight excluding hydrogens is 375 g/mol. The van der Waals surface area contributed by atoms with E-state index in [2.05, 4.69) is 97.1 Å². The average molecular weight is 395 g/mol. The van der Waals surface area contributed by atoms with Crippen molar-refractivity contribution in [3.8, 4) is 0 Å². The van der Waals surface area contributed by atoms with E-state index in [0.717, 1.165) is 6.42 Å². The molecule has 2 aromatic rings. The summed E-state index contributed by atoms with van der Waals surface area (Å²) in [5.74, 6) is 0. The summed E-state index contributed by atoms with van der Waals surface area (Å²) in [5.41, 5.74) is 0. The first-order valence-corrected chi connectivity index (χ1v) is 9.60. The maximum atomic E-state index is 6.43. The van der Waals surface area contributed by atoms with Gasteiger partial charge in [0.2, 0.25) is 0 Å². The second-order valence-electron chi connectivity index (χ2n) is 5.01. The zero-order valence-electron chi connectivity index (χ0n) is 11.9. The van der Waals surface area contributed by atoms with Crippen molar-refractivity contribution in [2.45, 2.75) is 30.3 Å². The molecule has 0 fully saturated rings. The molecule has 0 heterocycles. The van der Waals surface area contributed by atoms with Crippen LogP contribution in [0.1, 0.15) is 20.3 Å². The van der Waals surface area contributed by atoms with Crippen LogP contribution < -0.4 is 10.4 Å². The predicted octanol–water partition coefficient (Wildman–Crippen LogP) is 3.41. The lowest BCUT2D eigenvalue weighted by molar-refractivity contribution is 0.222. The van der Waals surface area contributed by atoms with Gasteiger partial charge in [0, 0.05) is 10.0 Å². The molecule has 20 heavy (non-hydrogen) atoms. The molecule has 2 rings (SSSR count). The average Bonchev–Trinajstić information content (AvgIpc) is 2.46. The van der Waals surface area contributed by atoms with E-state index in [-0.39, 0.29) is 6.10 Å². The Morgan fingerprint density at radius 2 is 1.35 bits per heavy atom. The first kappa shape index (κ1) is 15.7. The normalized spacial score (nSPS) is 14.2. The number of halogens is 1. The lowest BCUT2D eigenvalue weighted by Crippen LogP contribution is -2.47. The van der Waals surface area contributed by atoms with Gasteiger partial charge in [0.15, 0.2) is 0 Å². The van der Waals surface area contributed by atoms with Crippen LogP contribution in [0.5, 0.6) is 0 Å². The van der Waals surface area contributed by atoms with Crippen molar-refractivity contribution < 1.29 is 4.43 Å². The molecule has 0 aliphatic rings. The first-order valence-electron chi connectivity index (χ1n) is 6.95. The molecule has 0 N–H and O–H groups in total. The van der Waals surface area contributed by atoms with Gasteiger partial charge in [-0.1, -0.05) is 90.2 Å². The van der Waals surface area contributed by atoms with E-state index in [1.165, 1.54) is 10.4 Å². The van der Waals surface area contributed by atoms with Crippen LogP contribution in [0.4, 0.5) is 0 Å². The smallest absolute Gasteiger partial charge is 0.283 e. The molecule has 0 aliphatic carbocycles. The topological polar surface area (TPSA) is 9.23 Å². The van der Waals surface area contributed by atoms with Crippen molar-refractivity contribution in [3.05, 3.63) is 60.7 Å². The summed E-state index contributed by atoms with van der Waals surface area (Å²) in [4.78, 5) is 0. The highest BCUT2D eigenvalue weighted by Gasteiger charge is 2.22. The van der Waals surface area contributed by atoms with Crippen LogP contribution in [0.15, 0.2) is 60.7 Å². The lowest BCUT2D eigenvalue weighted by Gasteiger charge is -2.22. The Labute approximate surface area is 137 Å². The standard InChI is InChI=1S/C17H20IOSi/c1-14(18)13-15(2)19-20(16-9-5-3-6-10-16)17-11-7-4-8-12-17/h3-12,14-15H,13H2,1-2H3/t14-,15-/m1/s1. The molecule has 0 aromatic heterocycles. The summed E-state index contributed by atoms with van der Waals surface area (Å²) >= 11 is 2.47. The zero-order chi connectivity index (χ0) is 14.4. The van der Waals surface area contributed by atoms with Crippen LogP contribution in [0, 0.1) is 0 Å². The van der Waals surface area contributed by atoms with Crippen LogP contribution in [0.25, 0.3) is 0 Å². The van der Waals surface area contributed by atoms with Gasteiger partial charge in [0.1, 0.15) is 0 Å². The highest BCUT2D eigenvalue weighted by atomic mass is 127. The third-order valence-corrected chi connectivity index (χ3v) is 5.91. The molecule has 0 aliphatic heterocycles. The van der Waals surface area contributed by atoms with E-state index in [9.17, 15) is 0 Å². The number of alkyl halides is 1. The first-order chi connectivity index (χ1) is 9.66. The van der Waals surface area contributed by atoms with Crippen LogP contribution in [0.3, 0.4) is 0 Å². The monoisotopic (exact) mass is 395 g/mol. The van der Waals surface area contributed by atoms with E-state index >= 15 is 0 Å². The minimum Gasteiger partial charge on any atom is -0.405 e. The van der Waals surface area contributed by atoms with Gasteiger partial charge >= 0.3 is 0 Å². The largest absolute Gasteiger partial charge is 0.405 e. The van der Waals surface area contributed by atoms with E-state index < -0.39 is 9.04 Å². The van der Waals surface area contributed by atoms with Gasteiger partial charge in [-0.15, -0.1) is 0 Å². The van der Waals surface area contributed by atoms with Gasteiger partial charge in [-0.2, -0.15) is 0 Å². The zero-order valence-corrected chi connectivity index (χ0v) is 15.1. The van der Waals surface area contributed by atoms with Gasteiger partial charge < -0.3 is 4.43 Å². The van der Waals surface area contributed by atoms with Crippen molar-refractivity contribution in [2.75, 3.05) is 0 Å². The molecule has 3 heteroatoms. The van der Waals surface area contributed by atoms with Crippen LogP contribution >= 0.6 is 22.6 Å². The number of hydrogen-bond donors (Lipinski definition) is 0. The fourth-order valence-electron chi connectivity index (χ4n) is 2.19. The van der Waals surface area contributed by atoms with Crippen molar-refractivity contribution in [1.29, 1.82) is 0 Å². The fraction of sp³-hybridized carbons (Fsp3) is 0.294. The van der Waals surface area contributed by atoms with E-state index in [1.54, 1.807) is 0 Å². The molecule has 1 radical (unpaired) electrons. The molecule has 2 aromatic carbocycles. The predicted molar refractivity (Wildman–Crippen MR) is 96.6 cm³/mol. The Bertz CT molecular complexity index is 461. The molecule has 0 amide bonds. The summed E-state index contributed by atoms with van der Waals surface area (Å²) in [6.45, 7) is 4.42. The molecule has 0 unspecified atom stereocenters. The Hall–Kier alpha value is -0.653. The highest BCUT2D eigenvalue weighted by Crippen LogP contribution is 2.11. The Morgan fingerprint density at radius 3 is 1.75 bits per heavy atom. The van der Waals surface area contributed by atoms with E-state index in [4.69, 9.17) is 4.43 Å². The van der Waals surface area contributed by atoms with Gasteiger partial charge in [0.25, 0.3) is 9.04 Å². The van der Waals surface area contributed by atoms with Crippen molar-refractivity contribution in [2.24, 2.45) is 0 Å². The number of hydrogen-bond acceptors (Lipinski definition) is 1. The SMILES string of the molecule is C[C@H](C[C@@H](C)I)O[Si](c1ccccc1)c1ccccc1. The van der Waals surface area contributed by atoms with Gasteiger partial charge in [-0.05, 0) is 23.7 Å². The third kappa shape index (κ3) is 4.72.